The quantitative estimate of drug-likeness (QED) is 0.519. The van der Waals surface area contributed by atoms with Crippen LogP contribution in [0.3, 0.4) is 0 Å². The van der Waals surface area contributed by atoms with E-state index in [4.69, 9.17) is 16.6 Å². The van der Waals surface area contributed by atoms with Crippen molar-refractivity contribution in [2.45, 2.75) is 45.6 Å². The van der Waals surface area contributed by atoms with Crippen LogP contribution in [-0.2, 0) is 23.2 Å². The third-order valence-electron chi connectivity index (χ3n) is 5.41. The molecule has 5 heteroatoms. The van der Waals surface area contributed by atoms with E-state index < -0.39 is 0 Å². The lowest BCUT2D eigenvalue weighted by Gasteiger charge is -2.20. The number of nitrogens with one attached hydrogen (secondary N) is 1. The molecule has 1 aliphatic rings. The van der Waals surface area contributed by atoms with Crippen LogP contribution in [0, 0.1) is 0 Å². The fourth-order valence-electron chi connectivity index (χ4n) is 3.59. The Morgan fingerprint density at radius 3 is 2.53 bits per heavy atom. The highest BCUT2D eigenvalue weighted by molar-refractivity contribution is 7.13. The first kappa shape index (κ1) is 20.8. The third-order valence-corrected chi connectivity index (χ3v) is 6.73. The predicted octanol–water partition coefficient (Wildman–Crippen LogP) is 6.32. The van der Waals surface area contributed by atoms with Crippen LogP contribution in [0.2, 0.25) is 0 Å². The number of aryl methyl sites for hydroxylation is 1. The van der Waals surface area contributed by atoms with E-state index in [1.807, 2.05) is 23.6 Å². The smallest absolute Gasteiger partial charge is 0.249 e. The molecule has 0 unspecified atom stereocenters. The SMILES string of the molecule is CC(C)(C)c1ccc(CNC(=O)C2=C(Cl)c3ccc(-c4cccs4)nc3CC2)cc1. The number of pyridine rings is 1. The van der Waals surface area contributed by atoms with Gasteiger partial charge in [-0.1, -0.05) is 62.7 Å². The van der Waals surface area contributed by atoms with E-state index in [2.05, 4.69) is 56.4 Å². The molecule has 0 saturated heterocycles. The van der Waals surface area contributed by atoms with Gasteiger partial charge in [0.2, 0.25) is 5.91 Å². The first-order valence-electron chi connectivity index (χ1n) is 10.1. The molecule has 1 amide bonds. The van der Waals surface area contributed by atoms with E-state index in [0.717, 1.165) is 27.4 Å². The molecule has 30 heavy (non-hydrogen) atoms. The van der Waals surface area contributed by atoms with E-state index in [0.29, 0.717) is 30.0 Å². The van der Waals surface area contributed by atoms with E-state index in [-0.39, 0.29) is 11.3 Å². The van der Waals surface area contributed by atoms with E-state index in [1.165, 1.54) is 5.56 Å². The van der Waals surface area contributed by atoms with E-state index in [9.17, 15) is 4.79 Å². The van der Waals surface area contributed by atoms with Gasteiger partial charge in [0.1, 0.15) is 0 Å². The van der Waals surface area contributed by atoms with Crippen molar-refractivity contribution in [1.29, 1.82) is 0 Å². The van der Waals surface area contributed by atoms with Gasteiger partial charge >= 0.3 is 0 Å². The Balaban J connectivity index is 1.47. The lowest BCUT2D eigenvalue weighted by Crippen LogP contribution is -2.26. The van der Waals surface area contributed by atoms with Gasteiger partial charge in [-0.25, -0.2) is 0 Å². The van der Waals surface area contributed by atoms with Crippen molar-refractivity contribution in [2.75, 3.05) is 0 Å². The summed E-state index contributed by atoms with van der Waals surface area (Å²) < 4.78 is 0. The molecular formula is C25H25ClN2OS. The highest BCUT2D eigenvalue weighted by Gasteiger charge is 2.24. The van der Waals surface area contributed by atoms with Gasteiger partial charge < -0.3 is 5.32 Å². The largest absolute Gasteiger partial charge is 0.348 e. The van der Waals surface area contributed by atoms with Gasteiger partial charge in [-0.2, -0.15) is 0 Å². The van der Waals surface area contributed by atoms with Gasteiger partial charge in [0.25, 0.3) is 0 Å². The number of nitrogens with zero attached hydrogens (tertiary/aromatic N) is 1. The molecule has 4 rings (SSSR count). The molecule has 1 N–H and O–H groups in total. The molecule has 0 bridgehead atoms. The van der Waals surface area contributed by atoms with E-state index in [1.54, 1.807) is 11.3 Å². The van der Waals surface area contributed by atoms with Crippen molar-refractivity contribution in [2.24, 2.45) is 0 Å². The number of halogens is 1. The summed E-state index contributed by atoms with van der Waals surface area (Å²) in [6.07, 6.45) is 1.31. The third kappa shape index (κ3) is 4.35. The molecular weight excluding hydrogens is 412 g/mol. The lowest BCUT2D eigenvalue weighted by atomic mass is 9.87. The normalized spacial score (nSPS) is 13.9. The summed E-state index contributed by atoms with van der Waals surface area (Å²) in [5.41, 5.74) is 5.89. The summed E-state index contributed by atoms with van der Waals surface area (Å²) in [4.78, 5) is 18.7. The van der Waals surface area contributed by atoms with Gasteiger partial charge in [-0.15, -0.1) is 11.3 Å². The Bertz CT molecular complexity index is 1090. The van der Waals surface area contributed by atoms with Crippen LogP contribution < -0.4 is 5.32 Å². The number of carbonyl (C=O) groups excluding carboxylic acids is 1. The summed E-state index contributed by atoms with van der Waals surface area (Å²) in [6, 6.07) is 16.4. The molecule has 0 saturated carbocycles. The van der Waals surface area contributed by atoms with Crippen molar-refractivity contribution < 1.29 is 4.79 Å². The summed E-state index contributed by atoms with van der Waals surface area (Å²) in [5.74, 6) is -0.104. The van der Waals surface area contributed by atoms with Crippen LogP contribution in [0.4, 0.5) is 0 Å². The fourth-order valence-corrected chi connectivity index (χ4v) is 4.64. The number of rotatable bonds is 4. The molecule has 0 aliphatic heterocycles. The zero-order valence-corrected chi connectivity index (χ0v) is 19.0. The topological polar surface area (TPSA) is 42.0 Å². The van der Waals surface area contributed by atoms with Crippen LogP contribution in [0.25, 0.3) is 15.6 Å². The maximum atomic E-state index is 12.8. The number of fused-ring (bicyclic) bond motifs is 1. The van der Waals surface area contributed by atoms with Crippen molar-refractivity contribution >= 4 is 33.9 Å². The average molecular weight is 437 g/mol. The Kier molecular flexibility index (Phi) is 5.81. The van der Waals surface area contributed by atoms with Crippen LogP contribution in [0.1, 0.15) is 49.6 Å². The maximum Gasteiger partial charge on any atom is 0.249 e. The second-order valence-electron chi connectivity index (χ2n) is 8.59. The number of hydrogen-bond donors (Lipinski definition) is 1. The molecule has 1 aromatic carbocycles. The molecule has 0 radical (unpaired) electrons. The number of thiophene rings is 1. The number of carbonyl (C=O) groups is 1. The molecule has 1 aliphatic carbocycles. The second-order valence-corrected chi connectivity index (χ2v) is 9.92. The molecule has 3 nitrogen and oxygen atoms in total. The Morgan fingerprint density at radius 2 is 1.87 bits per heavy atom. The Hall–Kier alpha value is -2.43. The minimum absolute atomic E-state index is 0.104. The molecule has 154 valence electrons. The summed E-state index contributed by atoms with van der Waals surface area (Å²) in [5, 5.41) is 5.58. The molecule has 0 atom stereocenters. The van der Waals surface area contributed by atoms with Gasteiger partial charge in [0, 0.05) is 17.7 Å². The minimum atomic E-state index is -0.104. The van der Waals surface area contributed by atoms with Gasteiger partial charge in [-0.05, 0) is 53.0 Å². The molecule has 0 fully saturated rings. The first-order chi connectivity index (χ1) is 14.3. The van der Waals surface area contributed by atoms with Crippen LogP contribution in [0.15, 0.2) is 59.5 Å². The van der Waals surface area contributed by atoms with Gasteiger partial charge in [0.15, 0.2) is 0 Å². The van der Waals surface area contributed by atoms with Gasteiger partial charge in [-0.3, -0.25) is 9.78 Å². The van der Waals surface area contributed by atoms with Crippen molar-refractivity contribution in [3.8, 4) is 10.6 Å². The highest BCUT2D eigenvalue weighted by atomic mass is 35.5. The predicted molar refractivity (Wildman–Crippen MR) is 126 cm³/mol. The van der Waals surface area contributed by atoms with Crippen LogP contribution in [0.5, 0.6) is 0 Å². The molecule has 2 aromatic heterocycles. The average Bonchev–Trinajstić information content (AvgIpc) is 3.27. The van der Waals surface area contributed by atoms with Crippen molar-refractivity contribution in [3.63, 3.8) is 0 Å². The zero-order chi connectivity index (χ0) is 21.3. The van der Waals surface area contributed by atoms with Crippen molar-refractivity contribution in [1.82, 2.24) is 10.3 Å². The monoisotopic (exact) mass is 436 g/mol. The lowest BCUT2D eigenvalue weighted by molar-refractivity contribution is -0.117. The van der Waals surface area contributed by atoms with E-state index >= 15 is 0 Å². The van der Waals surface area contributed by atoms with Crippen LogP contribution in [-0.4, -0.2) is 10.9 Å². The maximum absolute atomic E-state index is 12.8. The fraction of sp³-hybridized carbons (Fsp3) is 0.280. The summed E-state index contributed by atoms with van der Waals surface area (Å²) >= 11 is 8.29. The molecule has 3 aromatic rings. The zero-order valence-electron chi connectivity index (χ0n) is 17.5. The number of hydrogen-bond acceptors (Lipinski definition) is 3. The highest BCUT2D eigenvalue weighted by Crippen LogP contribution is 2.35. The number of benzene rings is 1. The summed E-state index contributed by atoms with van der Waals surface area (Å²) in [6.45, 7) is 7.06. The number of amides is 1. The first-order valence-corrected chi connectivity index (χ1v) is 11.4. The molecule has 0 spiro atoms. The standard InChI is InChI=1S/C25H25ClN2OS/c1-25(2,3)17-8-6-16(7-9-17)15-27-24(29)19-11-12-20-18(23(19)26)10-13-21(28-20)22-5-4-14-30-22/h4-10,13-14H,11-12,15H2,1-3H3,(H,27,29). The van der Waals surface area contributed by atoms with Crippen molar-refractivity contribution in [3.05, 3.63) is 81.9 Å². The van der Waals surface area contributed by atoms with Crippen LogP contribution >= 0.6 is 22.9 Å². The summed E-state index contributed by atoms with van der Waals surface area (Å²) in [7, 11) is 0. The van der Waals surface area contributed by atoms with Gasteiger partial charge in [0.05, 0.1) is 21.3 Å². The number of aromatic nitrogens is 1. The minimum Gasteiger partial charge on any atom is -0.348 e. The second kappa shape index (κ2) is 8.37. The Morgan fingerprint density at radius 1 is 1.10 bits per heavy atom. The molecule has 2 heterocycles. The Labute approximate surface area is 186 Å².